The Morgan fingerprint density at radius 2 is 1.95 bits per heavy atom. The molecule has 0 spiro atoms. The predicted molar refractivity (Wildman–Crippen MR) is 86.9 cm³/mol. The number of carbonyl (C=O) groups is 1. The third-order valence-corrected chi connectivity index (χ3v) is 4.40. The molecule has 2 rings (SSSR count). The van der Waals surface area contributed by atoms with E-state index in [0.29, 0.717) is 17.3 Å². The predicted octanol–water partition coefficient (Wildman–Crippen LogP) is 1.90. The van der Waals surface area contributed by atoms with Crippen molar-refractivity contribution in [2.75, 3.05) is 20.2 Å². The van der Waals surface area contributed by atoms with Gasteiger partial charge in [-0.2, -0.15) is 0 Å². The normalized spacial score (nSPS) is 16.6. The van der Waals surface area contributed by atoms with Crippen molar-refractivity contribution < 1.29 is 9.53 Å². The van der Waals surface area contributed by atoms with Crippen molar-refractivity contribution in [2.24, 2.45) is 11.7 Å². The summed E-state index contributed by atoms with van der Waals surface area (Å²) in [4.78, 5) is 14.5. The second-order valence-electron chi connectivity index (χ2n) is 5.47. The largest absolute Gasteiger partial charge is 0.469 e. The fourth-order valence-electron chi connectivity index (χ4n) is 2.73. The van der Waals surface area contributed by atoms with Crippen molar-refractivity contribution >= 4 is 23.2 Å². The average molecular weight is 306 g/mol. The number of carbonyl (C=O) groups excluding carboxylic acids is 1. The number of likely N-dealkylation sites (tertiary alicyclic amines) is 1. The molecule has 1 fully saturated rings. The summed E-state index contributed by atoms with van der Waals surface area (Å²) in [6.45, 7) is 2.85. The number of nitrogens with two attached hydrogens (primary N) is 1. The number of benzene rings is 1. The number of nitrogens with zero attached hydrogens (tertiary/aromatic N) is 1. The maximum atomic E-state index is 11.5. The summed E-state index contributed by atoms with van der Waals surface area (Å²) in [6, 6.07) is 8.05. The second-order valence-corrected chi connectivity index (χ2v) is 5.95. The molecule has 0 aromatic heterocycles. The minimum Gasteiger partial charge on any atom is -0.469 e. The van der Waals surface area contributed by atoms with E-state index in [1.165, 1.54) is 12.7 Å². The Labute approximate surface area is 131 Å². The van der Waals surface area contributed by atoms with E-state index in [0.717, 1.165) is 38.0 Å². The number of piperidine rings is 1. The Morgan fingerprint density at radius 1 is 1.33 bits per heavy atom. The van der Waals surface area contributed by atoms with Gasteiger partial charge in [0, 0.05) is 12.5 Å². The van der Waals surface area contributed by atoms with E-state index in [2.05, 4.69) is 11.0 Å². The molecule has 0 aliphatic carbocycles. The van der Waals surface area contributed by atoms with Crippen molar-refractivity contribution in [1.29, 1.82) is 0 Å². The summed E-state index contributed by atoms with van der Waals surface area (Å²) in [7, 11) is 1.42. The van der Waals surface area contributed by atoms with Gasteiger partial charge in [-0.3, -0.25) is 9.69 Å². The molecule has 0 amide bonds. The van der Waals surface area contributed by atoms with Gasteiger partial charge in [0.05, 0.1) is 18.5 Å². The molecule has 1 saturated heterocycles. The number of esters is 1. The molecular weight excluding hydrogens is 284 g/mol. The van der Waals surface area contributed by atoms with E-state index >= 15 is 0 Å². The molecule has 21 heavy (non-hydrogen) atoms. The van der Waals surface area contributed by atoms with Crippen LogP contribution in [0.2, 0.25) is 0 Å². The van der Waals surface area contributed by atoms with Crippen molar-refractivity contribution in [2.45, 2.75) is 25.8 Å². The lowest BCUT2D eigenvalue weighted by molar-refractivity contribution is -0.139. The summed E-state index contributed by atoms with van der Waals surface area (Å²) in [6.07, 6.45) is 2.37. The van der Waals surface area contributed by atoms with Crippen LogP contribution in [0.25, 0.3) is 0 Å². The zero-order valence-corrected chi connectivity index (χ0v) is 13.2. The van der Waals surface area contributed by atoms with E-state index in [-0.39, 0.29) is 5.97 Å². The molecule has 2 N–H and O–H groups in total. The summed E-state index contributed by atoms with van der Waals surface area (Å²) in [5, 5.41) is 0. The van der Waals surface area contributed by atoms with Gasteiger partial charge in [0.15, 0.2) is 0 Å². The van der Waals surface area contributed by atoms with Gasteiger partial charge in [-0.05, 0) is 37.1 Å². The minimum atomic E-state index is -0.199. The third-order valence-electron chi connectivity index (χ3n) is 4.06. The van der Waals surface area contributed by atoms with E-state index in [9.17, 15) is 4.79 Å². The first kappa shape index (κ1) is 15.9. The summed E-state index contributed by atoms with van der Waals surface area (Å²) in [5.41, 5.74) is 7.95. The summed E-state index contributed by atoms with van der Waals surface area (Å²) < 4.78 is 4.76. The quantitative estimate of drug-likeness (QED) is 0.665. The highest BCUT2D eigenvalue weighted by molar-refractivity contribution is 7.80. The Balaban J connectivity index is 1.97. The first-order chi connectivity index (χ1) is 10.1. The van der Waals surface area contributed by atoms with Gasteiger partial charge < -0.3 is 10.5 Å². The van der Waals surface area contributed by atoms with Gasteiger partial charge in [-0.1, -0.05) is 36.5 Å². The van der Waals surface area contributed by atoms with Gasteiger partial charge in [0.1, 0.15) is 0 Å². The molecule has 1 aromatic carbocycles. The molecule has 1 aromatic rings. The highest BCUT2D eigenvalue weighted by atomic mass is 32.1. The van der Waals surface area contributed by atoms with Crippen molar-refractivity contribution in [1.82, 2.24) is 4.90 Å². The topological polar surface area (TPSA) is 55.6 Å². The minimum absolute atomic E-state index is 0.199. The maximum absolute atomic E-state index is 11.5. The number of hydrogen-bond donors (Lipinski definition) is 1. The lowest BCUT2D eigenvalue weighted by Gasteiger charge is -2.31. The van der Waals surface area contributed by atoms with Crippen molar-refractivity contribution in [3.63, 3.8) is 0 Å². The van der Waals surface area contributed by atoms with Crippen LogP contribution in [-0.2, 0) is 22.5 Å². The van der Waals surface area contributed by atoms with Gasteiger partial charge in [0.2, 0.25) is 0 Å². The molecule has 0 unspecified atom stereocenters. The standard InChI is InChI=1S/C16H22N2O2S/c1-20-15(19)10-13-4-2-3-5-14(13)11-18-8-6-12(7-9-18)16(17)21/h2-5,12H,6-11H2,1H3,(H2,17,21). The lowest BCUT2D eigenvalue weighted by Crippen LogP contribution is -2.37. The van der Waals surface area contributed by atoms with Crippen LogP contribution in [-0.4, -0.2) is 36.1 Å². The maximum Gasteiger partial charge on any atom is 0.309 e. The number of rotatable bonds is 5. The highest BCUT2D eigenvalue weighted by Gasteiger charge is 2.21. The van der Waals surface area contributed by atoms with E-state index in [4.69, 9.17) is 22.7 Å². The third kappa shape index (κ3) is 4.51. The van der Waals surface area contributed by atoms with Crippen LogP contribution in [0.3, 0.4) is 0 Å². The zero-order chi connectivity index (χ0) is 15.2. The Bertz CT molecular complexity index is 511. The van der Waals surface area contributed by atoms with Crippen molar-refractivity contribution in [3.05, 3.63) is 35.4 Å². The molecule has 0 saturated carbocycles. The first-order valence-corrected chi connectivity index (χ1v) is 7.66. The summed E-state index contributed by atoms with van der Waals surface area (Å²) in [5.74, 6) is 0.177. The van der Waals surface area contributed by atoms with Crippen LogP contribution in [0.15, 0.2) is 24.3 Å². The fourth-order valence-corrected chi connectivity index (χ4v) is 2.96. The molecule has 0 bridgehead atoms. The first-order valence-electron chi connectivity index (χ1n) is 7.25. The van der Waals surface area contributed by atoms with Crippen molar-refractivity contribution in [3.8, 4) is 0 Å². The number of ether oxygens (including phenoxy) is 1. The zero-order valence-electron chi connectivity index (χ0n) is 12.4. The van der Waals surface area contributed by atoms with Gasteiger partial charge in [-0.15, -0.1) is 0 Å². The van der Waals surface area contributed by atoms with Crippen LogP contribution in [0.4, 0.5) is 0 Å². The van der Waals surface area contributed by atoms with Gasteiger partial charge in [-0.25, -0.2) is 0 Å². The molecular formula is C16H22N2O2S. The molecule has 5 heteroatoms. The molecule has 0 atom stereocenters. The SMILES string of the molecule is COC(=O)Cc1ccccc1CN1CCC(C(N)=S)CC1. The van der Waals surface area contributed by atoms with Crippen LogP contribution in [0.5, 0.6) is 0 Å². The molecule has 114 valence electrons. The summed E-state index contributed by atoms with van der Waals surface area (Å²) >= 11 is 5.07. The number of thiocarbonyl (C=S) groups is 1. The Kier molecular flexibility index (Phi) is 5.70. The number of hydrogen-bond acceptors (Lipinski definition) is 4. The monoisotopic (exact) mass is 306 g/mol. The fraction of sp³-hybridized carbons (Fsp3) is 0.500. The van der Waals surface area contributed by atoms with Gasteiger partial charge in [0.25, 0.3) is 0 Å². The molecule has 1 heterocycles. The smallest absolute Gasteiger partial charge is 0.309 e. The second kappa shape index (κ2) is 7.52. The molecule has 4 nitrogen and oxygen atoms in total. The Hall–Kier alpha value is -1.46. The van der Waals surface area contributed by atoms with E-state index in [1.807, 2.05) is 18.2 Å². The van der Waals surface area contributed by atoms with E-state index in [1.54, 1.807) is 0 Å². The van der Waals surface area contributed by atoms with Crippen LogP contribution in [0, 0.1) is 5.92 Å². The molecule has 0 radical (unpaired) electrons. The van der Waals surface area contributed by atoms with Crippen LogP contribution in [0.1, 0.15) is 24.0 Å². The van der Waals surface area contributed by atoms with E-state index < -0.39 is 0 Å². The number of methoxy groups -OCH3 is 1. The molecule has 1 aliphatic rings. The van der Waals surface area contributed by atoms with Crippen LogP contribution >= 0.6 is 12.2 Å². The van der Waals surface area contributed by atoms with Crippen LogP contribution < -0.4 is 5.73 Å². The lowest BCUT2D eigenvalue weighted by atomic mass is 9.96. The molecule has 1 aliphatic heterocycles. The average Bonchev–Trinajstić information content (AvgIpc) is 2.49. The highest BCUT2D eigenvalue weighted by Crippen LogP contribution is 2.20. The van der Waals surface area contributed by atoms with Gasteiger partial charge >= 0.3 is 5.97 Å². The Morgan fingerprint density at radius 3 is 2.52 bits per heavy atom.